The molecule has 0 aromatic carbocycles. The van der Waals surface area contributed by atoms with Gasteiger partial charge in [-0.05, 0) is 45.2 Å². The van der Waals surface area contributed by atoms with Crippen molar-refractivity contribution >= 4 is 0 Å². The molecular formula is C15H32N2. The summed E-state index contributed by atoms with van der Waals surface area (Å²) in [5.74, 6) is 0. The smallest absolute Gasteiger partial charge is 0.0306 e. The van der Waals surface area contributed by atoms with E-state index in [0.29, 0.717) is 6.04 Å². The summed E-state index contributed by atoms with van der Waals surface area (Å²) >= 11 is 0. The summed E-state index contributed by atoms with van der Waals surface area (Å²) in [4.78, 5) is 2.67. The van der Waals surface area contributed by atoms with Crippen LogP contribution in [0.15, 0.2) is 0 Å². The van der Waals surface area contributed by atoms with Crippen molar-refractivity contribution in [1.29, 1.82) is 0 Å². The number of likely N-dealkylation sites (tertiary alicyclic amines) is 1. The Morgan fingerprint density at radius 1 is 1.12 bits per heavy atom. The summed E-state index contributed by atoms with van der Waals surface area (Å²) in [5, 5.41) is 0. The average molecular weight is 240 g/mol. The lowest BCUT2D eigenvalue weighted by atomic mass is 9.84. The zero-order valence-electron chi connectivity index (χ0n) is 12.2. The fourth-order valence-electron chi connectivity index (χ4n) is 3.21. The molecule has 0 spiro atoms. The average Bonchev–Trinajstić information content (AvgIpc) is 2.82. The molecule has 2 N–H and O–H groups in total. The molecule has 2 heteroatoms. The maximum atomic E-state index is 6.58. The Morgan fingerprint density at radius 2 is 1.82 bits per heavy atom. The highest BCUT2D eigenvalue weighted by Crippen LogP contribution is 2.30. The van der Waals surface area contributed by atoms with E-state index in [9.17, 15) is 0 Å². The van der Waals surface area contributed by atoms with Crippen LogP contribution in [-0.2, 0) is 0 Å². The molecule has 1 unspecified atom stereocenters. The zero-order valence-corrected chi connectivity index (χ0v) is 12.2. The second-order valence-corrected chi connectivity index (χ2v) is 5.69. The van der Waals surface area contributed by atoms with Gasteiger partial charge in [-0.15, -0.1) is 0 Å². The van der Waals surface area contributed by atoms with Gasteiger partial charge in [0.25, 0.3) is 0 Å². The molecule has 0 amide bonds. The topological polar surface area (TPSA) is 29.3 Å². The van der Waals surface area contributed by atoms with Crippen LogP contribution in [0.1, 0.15) is 72.1 Å². The first-order valence-electron chi connectivity index (χ1n) is 7.70. The maximum absolute atomic E-state index is 6.58. The monoisotopic (exact) mass is 240 g/mol. The molecule has 2 nitrogen and oxygen atoms in total. The minimum atomic E-state index is 0.0568. The van der Waals surface area contributed by atoms with E-state index in [4.69, 9.17) is 5.73 Å². The van der Waals surface area contributed by atoms with Gasteiger partial charge in [0.1, 0.15) is 0 Å². The first kappa shape index (κ1) is 15.0. The van der Waals surface area contributed by atoms with E-state index in [1.54, 1.807) is 0 Å². The number of nitrogens with zero attached hydrogens (tertiary/aromatic N) is 1. The molecule has 0 aliphatic carbocycles. The lowest BCUT2D eigenvalue weighted by Gasteiger charge is -2.39. The standard InChI is InChI=1S/C15H32N2/c1-4-7-8-9-12-17-13-10-11-14(17)15(16,5-2)6-3/h14H,4-13,16H2,1-3H3. The van der Waals surface area contributed by atoms with Crippen molar-refractivity contribution in [2.24, 2.45) is 5.73 Å². The Morgan fingerprint density at radius 3 is 2.41 bits per heavy atom. The van der Waals surface area contributed by atoms with E-state index in [-0.39, 0.29) is 5.54 Å². The highest BCUT2D eigenvalue weighted by Gasteiger charge is 2.38. The molecule has 0 bridgehead atoms. The largest absolute Gasteiger partial charge is 0.324 e. The van der Waals surface area contributed by atoms with Crippen LogP contribution in [0.2, 0.25) is 0 Å². The summed E-state index contributed by atoms with van der Waals surface area (Å²) in [6.45, 7) is 9.31. The predicted molar refractivity (Wildman–Crippen MR) is 76.2 cm³/mol. The van der Waals surface area contributed by atoms with Crippen LogP contribution in [0, 0.1) is 0 Å². The first-order valence-corrected chi connectivity index (χ1v) is 7.70. The minimum absolute atomic E-state index is 0.0568. The van der Waals surface area contributed by atoms with Gasteiger partial charge in [0.2, 0.25) is 0 Å². The number of nitrogens with two attached hydrogens (primary N) is 1. The van der Waals surface area contributed by atoms with Gasteiger partial charge < -0.3 is 5.73 Å². The molecule has 1 saturated heterocycles. The zero-order chi connectivity index (χ0) is 12.7. The highest BCUT2D eigenvalue weighted by atomic mass is 15.2. The maximum Gasteiger partial charge on any atom is 0.0306 e. The van der Waals surface area contributed by atoms with Gasteiger partial charge in [-0.3, -0.25) is 4.90 Å². The van der Waals surface area contributed by atoms with E-state index in [0.717, 1.165) is 12.8 Å². The number of hydrogen-bond donors (Lipinski definition) is 1. The SMILES string of the molecule is CCCCCCN1CCCC1C(N)(CC)CC. The first-order chi connectivity index (χ1) is 8.18. The molecule has 1 heterocycles. The third-order valence-corrected chi connectivity index (χ3v) is 4.64. The summed E-state index contributed by atoms with van der Waals surface area (Å²) in [5.41, 5.74) is 6.64. The van der Waals surface area contributed by atoms with Crippen molar-refractivity contribution < 1.29 is 0 Å². The van der Waals surface area contributed by atoms with Crippen LogP contribution < -0.4 is 5.73 Å². The van der Waals surface area contributed by atoms with Gasteiger partial charge in [-0.1, -0.05) is 40.0 Å². The van der Waals surface area contributed by atoms with Crippen molar-refractivity contribution in [3.8, 4) is 0 Å². The third kappa shape index (κ3) is 3.96. The van der Waals surface area contributed by atoms with E-state index in [1.165, 1.54) is 51.6 Å². The predicted octanol–water partition coefficient (Wildman–Crippen LogP) is 3.55. The molecule has 0 saturated carbocycles. The van der Waals surface area contributed by atoms with E-state index < -0.39 is 0 Å². The quantitative estimate of drug-likeness (QED) is 0.657. The normalized spacial score (nSPS) is 22.2. The van der Waals surface area contributed by atoms with Gasteiger partial charge in [-0.2, -0.15) is 0 Å². The van der Waals surface area contributed by atoms with Crippen LogP contribution in [-0.4, -0.2) is 29.6 Å². The molecular weight excluding hydrogens is 208 g/mol. The van der Waals surface area contributed by atoms with Crippen molar-refractivity contribution in [1.82, 2.24) is 4.90 Å². The second-order valence-electron chi connectivity index (χ2n) is 5.69. The van der Waals surface area contributed by atoms with Gasteiger partial charge in [0.05, 0.1) is 0 Å². The molecule has 1 aliphatic rings. The van der Waals surface area contributed by atoms with E-state index in [1.807, 2.05) is 0 Å². The van der Waals surface area contributed by atoms with Crippen LogP contribution in [0.3, 0.4) is 0 Å². The molecule has 1 rings (SSSR count). The van der Waals surface area contributed by atoms with Gasteiger partial charge in [0, 0.05) is 11.6 Å². The molecule has 0 aromatic heterocycles. The van der Waals surface area contributed by atoms with Crippen molar-refractivity contribution in [2.45, 2.75) is 83.7 Å². The molecule has 1 fully saturated rings. The lowest BCUT2D eigenvalue weighted by molar-refractivity contribution is 0.150. The number of rotatable bonds is 8. The summed E-state index contributed by atoms with van der Waals surface area (Å²) < 4.78 is 0. The third-order valence-electron chi connectivity index (χ3n) is 4.64. The molecule has 0 radical (unpaired) electrons. The molecule has 17 heavy (non-hydrogen) atoms. The molecule has 1 atom stereocenters. The van der Waals surface area contributed by atoms with Crippen molar-refractivity contribution in [3.63, 3.8) is 0 Å². The van der Waals surface area contributed by atoms with Crippen molar-refractivity contribution in [2.75, 3.05) is 13.1 Å². The van der Waals surface area contributed by atoms with Crippen molar-refractivity contribution in [3.05, 3.63) is 0 Å². The lowest BCUT2D eigenvalue weighted by Crippen LogP contribution is -2.55. The Hall–Kier alpha value is -0.0800. The summed E-state index contributed by atoms with van der Waals surface area (Å²) in [6, 6.07) is 0.638. The Kier molecular flexibility index (Phi) is 6.50. The van der Waals surface area contributed by atoms with E-state index >= 15 is 0 Å². The van der Waals surface area contributed by atoms with E-state index in [2.05, 4.69) is 25.7 Å². The van der Waals surface area contributed by atoms with Gasteiger partial charge in [0.15, 0.2) is 0 Å². The molecule has 1 aliphatic heterocycles. The minimum Gasteiger partial charge on any atom is -0.324 e. The molecule has 102 valence electrons. The number of hydrogen-bond acceptors (Lipinski definition) is 2. The Bertz CT molecular complexity index is 199. The summed E-state index contributed by atoms with van der Waals surface area (Å²) in [7, 11) is 0. The van der Waals surface area contributed by atoms with Crippen LogP contribution in [0.4, 0.5) is 0 Å². The molecule has 0 aromatic rings. The number of unbranched alkanes of at least 4 members (excludes halogenated alkanes) is 3. The van der Waals surface area contributed by atoms with Gasteiger partial charge in [-0.25, -0.2) is 0 Å². The highest BCUT2D eigenvalue weighted by molar-refractivity contribution is 4.98. The van der Waals surface area contributed by atoms with Crippen LogP contribution >= 0.6 is 0 Å². The summed E-state index contributed by atoms with van der Waals surface area (Å²) in [6.07, 6.45) is 10.3. The Balaban J connectivity index is 2.42. The van der Waals surface area contributed by atoms with Crippen LogP contribution in [0.25, 0.3) is 0 Å². The second kappa shape index (κ2) is 7.38. The van der Waals surface area contributed by atoms with Crippen LogP contribution in [0.5, 0.6) is 0 Å². The fraction of sp³-hybridized carbons (Fsp3) is 1.00. The van der Waals surface area contributed by atoms with Gasteiger partial charge >= 0.3 is 0 Å². The Labute approximate surface area is 108 Å². The fourth-order valence-corrected chi connectivity index (χ4v) is 3.21.